The Hall–Kier alpha value is -2.54. The van der Waals surface area contributed by atoms with Gasteiger partial charge in [0.2, 0.25) is 5.91 Å². The van der Waals surface area contributed by atoms with Crippen LogP contribution in [0.3, 0.4) is 0 Å². The molecule has 0 saturated carbocycles. The molecular weight excluding hydrogens is 379 g/mol. The minimum Gasteiger partial charge on any atom is -0.497 e. The standard InChI is InChI=1S/C21H23FN2O3S/c1-27-18-4-2-3-15(13-18)21(26)23-17-9-11-24(12-10-17)20(25)14-28-19-7-5-16(22)6-8-19/h2-8,13,17H,9-12,14H2,1H3,(H,23,26). The average molecular weight is 402 g/mol. The largest absolute Gasteiger partial charge is 0.497 e. The monoisotopic (exact) mass is 402 g/mol. The molecule has 0 aliphatic carbocycles. The Balaban J connectivity index is 1.44. The smallest absolute Gasteiger partial charge is 0.251 e. The van der Waals surface area contributed by atoms with Crippen molar-refractivity contribution in [3.63, 3.8) is 0 Å². The Labute approximate surface area is 168 Å². The van der Waals surface area contributed by atoms with Crippen molar-refractivity contribution < 1.29 is 18.7 Å². The van der Waals surface area contributed by atoms with Gasteiger partial charge in [-0.2, -0.15) is 0 Å². The van der Waals surface area contributed by atoms with E-state index in [9.17, 15) is 14.0 Å². The number of nitrogens with one attached hydrogen (secondary N) is 1. The normalized spacial score (nSPS) is 14.6. The molecule has 1 heterocycles. The van der Waals surface area contributed by atoms with Crippen LogP contribution in [0.25, 0.3) is 0 Å². The molecule has 2 aromatic rings. The number of amides is 2. The molecule has 0 bridgehead atoms. The number of hydrogen-bond donors (Lipinski definition) is 1. The summed E-state index contributed by atoms with van der Waals surface area (Å²) in [6.07, 6.45) is 1.45. The van der Waals surface area contributed by atoms with E-state index in [4.69, 9.17) is 4.74 Å². The lowest BCUT2D eigenvalue weighted by Gasteiger charge is -2.32. The molecule has 1 fully saturated rings. The van der Waals surface area contributed by atoms with E-state index in [1.165, 1.54) is 23.9 Å². The fraction of sp³-hybridized carbons (Fsp3) is 0.333. The number of carbonyl (C=O) groups excluding carboxylic acids is 2. The third-order valence-corrected chi connectivity index (χ3v) is 5.69. The topological polar surface area (TPSA) is 58.6 Å². The number of hydrogen-bond acceptors (Lipinski definition) is 4. The van der Waals surface area contributed by atoms with Crippen LogP contribution in [0.15, 0.2) is 53.4 Å². The summed E-state index contributed by atoms with van der Waals surface area (Å²) >= 11 is 1.40. The van der Waals surface area contributed by atoms with Crippen LogP contribution in [0.2, 0.25) is 0 Å². The lowest BCUT2D eigenvalue weighted by molar-refractivity contribution is -0.129. The maximum absolute atomic E-state index is 12.9. The molecule has 0 atom stereocenters. The van der Waals surface area contributed by atoms with Gasteiger partial charge >= 0.3 is 0 Å². The number of thioether (sulfide) groups is 1. The van der Waals surface area contributed by atoms with Gasteiger partial charge < -0.3 is 15.0 Å². The summed E-state index contributed by atoms with van der Waals surface area (Å²) in [6.45, 7) is 1.23. The highest BCUT2D eigenvalue weighted by atomic mass is 32.2. The molecule has 1 N–H and O–H groups in total. The zero-order valence-corrected chi connectivity index (χ0v) is 16.5. The molecule has 5 nitrogen and oxygen atoms in total. The summed E-state index contributed by atoms with van der Waals surface area (Å²) in [6, 6.07) is 13.2. The molecule has 148 valence electrons. The van der Waals surface area contributed by atoms with E-state index in [1.807, 2.05) is 4.90 Å². The molecule has 7 heteroatoms. The van der Waals surface area contributed by atoms with Crippen LogP contribution < -0.4 is 10.1 Å². The van der Waals surface area contributed by atoms with Crippen molar-refractivity contribution in [2.75, 3.05) is 26.0 Å². The van der Waals surface area contributed by atoms with Crippen LogP contribution in [0, 0.1) is 5.82 Å². The summed E-state index contributed by atoms with van der Waals surface area (Å²) < 4.78 is 18.1. The SMILES string of the molecule is COc1cccc(C(=O)NC2CCN(C(=O)CSc3ccc(F)cc3)CC2)c1. The highest BCUT2D eigenvalue weighted by molar-refractivity contribution is 8.00. The van der Waals surface area contributed by atoms with E-state index >= 15 is 0 Å². The molecule has 1 aliphatic heterocycles. The fourth-order valence-electron chi connectivity index (χ4n) is 3.07. The number of carbonyl (C=O) groups is 2. The molecule has 0 unspecified atom stereocenters. The maximum atomic E-state index is 12.9. The molecular formula is C21H23FN2O3S. The van der Waals surface area contributed by atoms with Gasteiger partial charge in [0, 0.05) is 29.6 Å². The highest BCUT2D eigenvalue weighted by Crippen LogP contribution is 2.20. The Morgan fingerprint density at radius 1 is 1.18 bits per heavy atom. The molecule has 2 amide bonds. The van der Waals surface area contributed by atoms with Crippen molar-refractivity contribution in [3.05, 3.63) is 59.9 Å². The predicted octanol–water partition coefficient (Wildman–Crippen LogP) is 3.35. The van der Waals surface area contributed by atoms with Gasteiger partial charge in [0.25, 0.3) is 5.91 Å². The Morgan fingerprint density at radius 3 is 2.57 bits per heavy atom. The van der Waals surface area contributed by atoms with Crippen molar-refractivity contribution in [1.29, 1.82) is 0 Å². The van der Waals surface area contributed by atoms with E-state index < -0.39 is 0 Å². The molecule has 0 aromatic heterocycles. The first-order chi connectivity index (χ1) is 13.5. The number of methoxy groups -OCH3 is 1. The van der Waals surface area contributed by atoms with Gasteiger partial charge in [-0.15, -0.1) is 11.8 Å². The van der Waals surface area contributed by atoms with E-state index in [2.05, 4.69) is 5.32 Å². The number of piperidine rings is 1. The molecule has 2 aromatic carbocycles. The maximum Gasteiger partial charge on any atom is 0.251 e. The fourth-order valence-corrected chi connectivity index (χ4v) is 3.87. The molecule has 28 heavy (non-hydrogen) atoms. The van der Waals surface area contributed by atoms with Crippen LogP contribution in [-0.4, -0.2) is 48.7 Å². The predicted molar refractivity (Wildman–Crippen MR) is 107 cm³/mol. The van der Waals surface area contributed by atoms with Crippen LogP contribution >= 0.6 is 11.8 Å². The number of ether oxygens (including phenoxy) is 1. The molecule has 0 spiro atoms. The first kappa shape index (κ1) is 20.2. The quantitative estimate of drug-likeness (QED) is 0.753. The van der Waals surface area contributed by atoms with Gasteiger partial charge in [0.05, 0.1) is 12.9 Å². The van der Waals surface area contributed by atoms with E-state index in [-0.39, 0.29) is 23.7 Å². The number of nitrogens with zero attached hydrogens (tertiary/aromatic N) is 1. The molecule has 1 saturated heterocycles. The summed E-state index contributed by atoms with van der Waals surface area (Å²) in [5.41, 5.74) is 0.563. The Bertz CT molecular complexity index is 821. The lowest BCUT2D eigenvalue weighted by atomic mass is 10.0. The van der Waals surface area contributed by atoms with E-state index in [1.54, 1.807) is 43.5 Å². The van der Waals surface area contributed by atoms with E-state index in [0.717, 1.165) is 17.7 Å². The third kappa shape index (κ3) is 5.48. The summed E-state index contributed by atoms with van der Waals surface area (Å²) in [4.78, 5) is 27.5. The molecule has 0 radical (unpaired) electrons. The summed E-state index contributed by atoms with van der Waals surface area (Å²) in [5, 5.41) is 3.04. The van der Waals surface area contributed by atoms with E-state index in [0.29, 0.717) is 30.2 Å². The Kier molecular flexibility index (Phi) is 6.92. The average Bonchev–Trinajstić information content (AvgIpc) is 2.73. The van der Waals surface area contributed by atoms with Crippen LogP contribution in [0.5, 0.6) is 5.75 Å². The number of rotatable bonds is 6. The summed E-state index contributed by atoms with van der Waals surface area (Å²) in [5.74, 6) is 0.620. The first-order valence-electron chi connectivity index (χ1n) is 9.16. The van der Waals surface area contributed by atoms with Gasteiger partial charge in [-0.25, -0.2) is 4.39 Å². The van der Waals surface area contributed by atoms with Crippen molar-refractivity contribution in [3.8, 4) is 5.75 Å². The highest BCUT2D eigenvalue weighted by Gasteiger charge is 2.24. The van der Waals surface area contributed by atoms with Gasteiger partial charge in [0.1, 0.15) is 11.6 Å². The summed E-state index contributed by atoms with van der Waals surface area (Å²) in [7, 11) is 1.57. The second-order valence-electron chi connectivity index (χ2n) is 6.60. The van der Waals surface area contributed by atoms with Gasteiger partial charge in [-0.05, 0) is 55.3 Å². The Morgan fingerprint density at radius 2 is 1.89 bits per heavy atom. The van der Waals surface area contributed by atoms with Crippen LogP contribution in [-0.2, 0) is 4.79 Å². The van der Waals surface area contributed by atoms with Crippen LogP contribution in [0.1, 0.15) is 23.2 Å². The van der Waals surface area contributed by atoms with Crippen LogP contribution in [0.4, 0.5) is 4.39 Å². The van der Waals surface area contributed by atoms with Gasteiger partial charge in [0.15, 0.2) is 0 Å². The number of benzene rings is 2. The van der Waals surface area contributed by atoms with Crippen molar-refractivity contribution >= 4 is 23.6 Å². The minimum absolute atomic E-state index is 0.0486. The number of likely N-dealkylation sites (tertiary alicyclic amines) is 1. The van der Waals surface area contributed by atoms with Gasteiger partial charge in [-0.3, -0.25) is 9.59 Å². The second kappa shape index (κ2) is 9.59. The molecule has 3 rings (SSSR count). The first-order valence-corrected chi connectivity index (χ1v) is 10.1. The van der Waals surface area contributed by atoms with Gasteiger partial charge in [-0.1, -0.05) is 6.07 Å². The zero-order valence-electron chi connectivity index (χ0n) is 15.7. The van der Waals surface area contributed by atoms with Crippen molar-refractivity contribution in [1.82, 2.24) is 10.2 Å². The second-order valence-corrected chi connectivity index (χ2v) is 7.65. The molecule has 1 aliphatic rings. The zero-order chi connectivity index (χ0) is 19.9. The minimum atomic E-state index is -0.284. The van der Waals surface area contributed by atoms with Crippen molar-refractivity contribution in [2.45, 2.75) is 23.8 Å². The van der Waals surface area contributed by atoms with Crippen molar-refractivity contribution in [2.24, 2.45) is 0 Å². The lowest BCUT2D eigenvalue weighted by Crippen LogP contribution is -2.47. The number of halogens is 1. The third-order valence-electron chi connectivity index (χ3n) is 4.69.